The fourth-order valence-electron chi connectivity index (χ4n) is 1.89. The van der Waals surface area contributed by atoms with Crippen LogP contribution in [0.5, 0.6) is 0 Å². The SMILES string of the molecule is N#CCc1ccc(-c2nnc(-c3ccccc3)o2)cc1. The van der Waals surface area contributed by atoms with Crippen molar-refractivity contribution in [2.24, 2.45) is 0 Å². The Morgan fingerprint density at radius 3 is 2.05 bits per heavy atom. The van der Waals surface area contributed by atoms with Crippen LogP contribution in [0.15, 0.2) is 59.0 Å². The van der Waals surface area contributed by atoms with Gasteiger partial charge in [-0.2, -0.15) is 5.26 Å². The van der Waals surface area contributed by atoms with Gasteiger partial charge in [0.15, 0.2) is 0 Å². The van der Waals surface area contributed by atoms with Crippen LogP contribution < -0.4 is 0 Å². The van der Waals surface area contributed by atoms with Crippen molar-refractivity contribution in [2.75, 3.05) is 0 Å². The second kappa shape index (κ2) is 5.37. The zero-order chi connectivity index (χ0) is 13.8. The molecule has 4 nitrogen and oxygen atoms in total. The molecular formula is C16H11N3O. The second-order valence-electron chi connectivity index (χ2n) is 4.31. The molecule has 0 aliphatic rings. The molecule has 3 aromatic rings. The molecule has 0 radical (unpaired) electrons. The van der Waals surface area contributed by atoms with Crippen molar-refractivity contribution in [3.8, 4) is 29.0 Å². The number of hydrogen-bond donors (Lipinski definition) is 0. The molecule has 0 bridgehead atoms. The quantitative estimate of drug-likeness (QED) is 0.724. The third kappa shape index (κ3) is 2.43. The molecule has 1 heterocycles. The van der Waals surface area contributed by atoms with Gasteiger partial charge in [0.05, 0.1) is 12.5 Å². The fraction of sp³-hybridized carbons (Fsp3) is 0.0625. The van der Waals surface area contributed by atoms with Gasteiger partial charge in [-0.05, 0) is 29.8 Å². The molecule has 1 aromatic heterocycles. The van der Waals surface area contributed by atoms with Gasteiger partial charge >= 0.3 is 0 Å². The van der Waals surface area contributed by atoms with Crippen LogP contribution in [0.25, 0.3) is 22.9 Å². The number of nitriles is 1. The molecule has 96 valence electrons. The molecule has 0 aliphatic heterocycles. The molecule has 0 N–H and O–H groups in total. The molecule has 0 fully saturated rings. The Hall–Kier alpha value is -2.93. The summed E-state index contributed by atoms with van der Waals surface area (Å²) in [6.07, 6.45) is 0.402. The maximum Gasteiger partial charge on any atom is 0.248 e. The highest BCUT2D eigenvalue weighted by Gasteiger charge is 2.09. The van der Waals surface area contributed by atoms with Gasteiger partial charge < -0.3 is 4.42 Å². The normalized spacial score (nSPS) is 10.2. The Kier molecular flexibility index (Phi) is 3.25. The third-order valence-corrected chi connectivity index (χ3v) is 2.93. The number of rotatable bonds is 3. The molecule has 0 atom stereocenters. The van der Waals surface area contributed by atoms with Gasteiger partial charge in [-0.3, -0.25) is 0 Å². The maximum absolute atomic E-state index is 8.64. The van der Waals surface area contributed by atoms with Gasteiger partial charge in [-0.15, -0.1) is 10.2 Å². The monoisotopic (exact) mass is 261 g/mol. The van der Waals surface area contributed by atoms with E-state index < -0.39 is 0 Å². The predicted octanol–water partition coefficient (Wildman–Crippen LogP) is 3.47. The van der Waals surface area contributed by atoms with E-state index in [0.717, 1.165) is 16.7 Å². The summed E-state index contributed by atoms with van der Waals surface area (Å²) in [6.45, 7) is 0. The number of aromatic nitrogens is 2. The van der Waals surface area contributed by atoms with Crippen molar-refractivity contribution in [1.29, 1.82) is 5.26 Å². The van der Waals surface area contributed by atoms with Crippen molar-refractivity contribution in [2.45, 2.75) is 6.42 Å². The molecule has 0 amide bonds. The molecule has 0 aliphatic carbocycles. The largest absolute Gasteiger partial charge is 0.416 e. The van der Waals surface area contributed by atoms with E-state index in [2.05, 4.69) is 16.3 Å². The average Bonchev–Trinajstić information content (AvgIpc) is 2.99. The maximum atomic E-state index is 8.64. The van der Waals surface area contributed by atoms with E-state index in [-0.39, 0.29) is 0 Å². The van der Waals surface area contributed by atoms with Crippen LogP contribution >= 0.6 is 0 Å². The average molecular weight is 261 g/mol. The zero-order valence-corrected chi connectivity index (χ0v) is 10.7. The lowest BCUT2D eigenvalue weighted by molar-refractivity contribution is 0.584. The minimum absolute atomic E-state index is 0.402. The van der Waals surface area contributed by atoms with Crippen LogP contribution in [-0.4, -0.2) is 10.2 Å². The number of nitrogens with zero attached hydrogens (tertiary/aromatic N) is 3. The number of hydrogen-bond acceptors (Lipinski definition) is 4. The Bertz CT molecular complexity index is 739. The van der Waals surface area contributed by atoms with Gasteiger partial charge in [0.25, 0.3) is 0 Å². The molecule has 0 spiro atoms. The summed E-state index contributed by atoms with van der Waals surface area (Å²) >= 11 is 0. The van der Waals surface area contributed by atoms with E-state index in [1.807, 2.05) is 54.6 Å². The van der Waals surface area contributed by atoms with Gasteiger partial charge in [0.1, 0.15) is 0 Å². The smallest absolute Gasteiger partial charge is 0.248 e. The van der Waals surface area contributed by atoms with Crippen molar-refractivity contribution < 1.29 is 4.42 Å². The first kappa shape index (κ1) is 12.1. The van der Waals surface area contributed by atoms with Crippen LogP contribution in [0.1, 0.15) is 5.56 Å². The van der Waals surface area contributed by atoms with Crippen LogP contribution in [-0.2, 0) is 6.42 Å². The highest BCUT2D eigenvalue weighted by molar-refractivity contribution is 5.58. The lowest BCUT2D eigenvalue weighted by Gasteiger charge is -1.97. The lowest BCUT2D eigenvalue weighted by Crippen LogP contribution is -1.82. The van der Waals surface area contributed by atoms with Crippen LogP contribution in [0.3, 0.4) is 0 Å². The summed E-state index contributed by atoms with van der Waals surface area (Å²) < 4.78 is 5.67. The van der Waals surface area contributed by atoms with E-state index in [9.17, 15) is 0 Å². The molecule has 20 heavy (non-hydrogen) atoms. The Morgan fingerprint density at radius 1 is 0.850 bits per heavy atom. The first-order valence-electron chi connectivity index (χ1n) is 6.22. The van der Waals surface area contributed by atoms with Gasteiger partial charge in [-0.25, -0.2) is 0 Å². The van der Waals surface area contributed by atoms with Crippen molar-refractivity contribution in [3.63, 3.8) is 0 Å². The molecule has 3 rings (SSSR count). The summed E-state index contributed by atoms with van der Waals surface area (Å²) in [5.41, 5.74) is 2.72. The molecule has 0 saturated carbocycles. The minimum atomic E-state index is 0.402. The minimum Gasteiger partial charge on any atom is -0.416 e. The van der Waals surface area contributed by atoms with E-state index in [0.29, 0.717) is 18.2 Å². The molecule has 4 heteroatoms. The Balaban J connectivity index is 1.89. The second-order valence-corrected chi connectivity index (χ2v) is 4.31. The van der Waals surface area contributed by atoms with Crippen LogP contribution in [0.2, 0.25) is 0 Å². The summed E-state index contributed by atoms with van der Waals surface area (Å²) in [6, 6.07) is 19.3. The van der Waals surface area contributed by atoms with E-state index >= 15 is 0 Å². The molecule has 0 saturated heterocycles. The van der Waals surface area contributed by atoms with E-state index in [1.54, 1.807) is 0 Å². The molecule has 2 aromatic carbocycles. The van der Waals surface area contributed by atoms with E-state index in [4.69, 9.17) is 9.68 Å². The van der Waals surface area contributed by atoms with Crippen LogP contribution in [0, 0.1) is 11.3 Å². The predicted molar refractivity (Wildman–Crippen MR) is 74.5 cm³/mol. The summed E-state index contributed by atoms with van der Waals surface area (Å²) in [5.74, 6) is 0.981. The summed E-state index contributed by atoms with van der Waals surface area (Å²) in [7, 11) is 0. The summed E-state index contributed by atoms with van der Waals surface area (Å²) in [4.78, 5) is 0. The van der Waals surface area contributed by atoms with Gasteiger partial charge in [-0.1, -0.05) is 30.3 Å². The topological polar surface area (TPSA) is 62.7 Å². The fourth-order valence-corrected chi connectivity index (χ4v) is 1.89. The van der Waals surface area contributed by atoms with E-state index in [1.165, 1.54) is 0 Å². The highest BCUT2D eigenvalue weighted by Crippen LogP contribution is 2.23. The number of benzene rings is 2. The standard InChI is InChI=1S/C16H11N3O/c17-11-10-12-6-8-14(9-7-12)16-19-18-15(20-16)13-4-2-1-3-5-13/h1-9H,10H2. The molecule has 0 unspecified atom stereocenters. The first-order chi connectivity index (χ1) is 9.86. The molecular weight excluding hydrogens is 250 g/mol. The van der Waals surface area contributed by atoms with Crippen molar-refractivity contribution in [3.05, 3.63) is 60.2 Å². The zero-order valence-electron chi connectivity index (χ0n) is 10.7. The van der Waals surface area contributed by atoms with Gasteiger partial charge in [0.2, 0.25) is 11.8 Å². The van der Waals surface area contributed by atoms with Crippen molar-refractivity contribution in [1.82, 2.24) is 10.2 Å². The Labute approximate surface area is 116 Å². The third-order valence-electron chi connectivity index (χ3n) is 2.93. The van der Waals surface area contributed by atoms with Gasteiger partial charge in [0, 0.05) is 11.1 Å². The highest BCUT2D eigenvalue weighted by atomic mass is 16.4. The lowest BCUT2D eigenvalue weighted by atomic mass is 10.1. The van der Waals surface area contributed by atoms with Crippen LogP contribution in [0.4, 0.5) is 0 Å². The first-order valence-corrected chi connectivity index (χ1v) is 6.22. The Morgan fingerprint density at radius 2 is 1.45 bits per heavy atom. The summed E-state index contributed by atoms with van der Waals surface area (Å²) in [5, 5.41) is 16.8. The van der Waals surface area contributed by atoms with Crippen molar-refractivity contribution >= 4 is 0 Å².